The lowest BCUT2D eigenvalue weighted by molar-refractivity contribution is 0.315. The highest BCUT2D eigenvalue weighted by Gasteiger charge is 2.38. The molecule has 14 heteroatoms. The molecule has 1 aliphatic carbocycles. The highest BCUT2D eigenvalue weighted by Crippen LogP contribution is 2.43. The molecule has 4 aromatic rings. The number of nitrogens with one attached hydrogen (secondary N) is 2. The first kappa shape index (κ1) is 31.2. The molecule has 0 radical (unpaired) electrons. The fourth-order valence-electron chi connectivity index (χ4n) is 5.88. The smallest absolute Gasteiger partial charge is 0.232 e. The number of rotatable bonds is 11. The van der Waals surface area contributed by atoms with Gasteiger partial charge in [-0.1, -0.05) is 6.92 Å². The van der Waals surface area contributed by atoms with Crippen LogP contribution in [0, 0.1) is 0 Å². The molecule has 2 N–H and O–H groups in total. The average molecular weight is 697 g/mol. The highest BCUT2D eigenvalue weighted by molar-refractivity contribution is 9.10. The molecule has 3 heterocycles. The standard InChI is InChI=1S/C31H38BrN9O3S/c1-6-19-15-25(27(44-4)16-26(19)40-14-11-21(18-40)39(2)3)37-31-35-17-22(32)30(38-31)36-24-10-9-23-28(34-13-12-33-23)29(24)41(20-7-8-20)45(5,42)43/h9-10,12-13,15-17,20-21H,6-8,11,14,18H2,1-5H3,(H2,35,36,37,38). The van der Waals surface area contributed by atoms with Crippen molar-refractivity contribution in [3.8, 4) is 5.75 Å². The van der Waals surface area contributed by atoms with Crippen molar-refractivity contribution in [3.05, 3.63) is 52.9 Å². The van der Waals surface area contributed by atoms with Gasteiger partial charge in [0, 0.05) is 55.5 Å². The van der Waals surface area contributed by atoms with Crippen molar-refractivity contribution in [3.63, 3.8) is 0 Å². The summed E-state index contributed by atoms with van der Waals surface area (Å²) in [5, 5.41) is 6.70. The van der Waals surface area contributed by atoms with Gasteiger partial charge >= 0.3 is 0 Å². The molecule has 2 fully saturated rings. The number of anilines is 6. The van der Waals surface area contributed by atoms with Gasteiger partial charge in [0.1, 0.15) is 22.8 Å². The van der Waals surface area contributed by atoms with Crippen LogP contribution in [-0.4, -0.2) is 85.9 Å². The molecular weight excluding hydrogens is 658 g/mol. The number of sulfonamides is 1. The van der Waals surface area contributed by atoms with Crippen LogP contribution in [0.3, 0.4) is 0 Å². The molecule has 2 aliphatic rings. The molecule has 0 amide bonds. The van der Waals surface area contributed by atoms with E-state index in [4.69, 9.17) is 9.72 Å². The molecule has 1 saturated heterocycles. The number of hydrogen-bond donors (Lipinski definition) is 2. The lowest BCUT2D eigenvalue weighted by Gasteiger charge is -2.26. The van der Waals surface area contributed by atoms with Crippen LogP contribution < -0.4 is 24.6 Å². The summed E-state index contributed by atoms with van der Waals surface area (Å²) in [6.07, 6.45) is 9.58. The molecule has 45 heavy (non-hydrogen) atoms. The fraction of sp³-hybridized carbons (Fsp3) is 0.419. The minimum Gasteiger partial charge on any atom is -0.494 e. The zero-order chi connectivity index (χ0) is 31.9. The van der Waals surface area contributed by atoms with E-state index < -0.39 is 10.0 Å². The lowest BCUT2D eigenvalue weighted by atomic mass is 10.1. The van der Waals surface area contributed by atoms with E-state index in [0.29, 0.717) is 50.4 Å². The minimum absolute atomic E-state index is 0.128. The van der Waals surface area contributed by atoms with Crippen LogP contribution in [0.1, 0.15) is 31.7 Å². The summed E-state index contributed by atoms with van der Waals surface area (Å²) in [7, 11) is 2.32. The van der Waals surface area contributed by atoms with Gasteiger partial charge in [-0.25, -0.2) is 13.4 Å². The molecule has 1 saturated carbocycles. The van der Waals surface area contributed by atoms with Crippen molar-refractivity contribution in [2.24, 2.45) is 0 Å². The third-order valence-electron chi connectivity index (χ3n) is 8.33. The molecule has 1 atom stereocenters. The van der Waals surface area contributed by atoms with Gasteiger partial charge in [0.25, 0.3) is 0 Å². The largest absolute Gasteiger partial charge is 0.494 e. The first-order valence-electron chi connectivity index (χ1n) is 15.0. The first-order chi connectivity index (χ1) is 21.6. The second-order valence-electron chi connectivity index (χ2n) is 11.7. The van der Waals surface area contributed by atoms with Gasteiger partial charge in [0.15, 0.2) is 0 Å². The summed E-state index contributed by atoms with van der Waals surface area (Å²) < 4.78 is 34.0. The predicted octanol–water partition coefficient (Wildman–Crippen LogP) is 5.31. The number of aromatic nitrogens is 4. The Morgan fingerprint density at radius 3 is 2.49 bits per heavy atom. The number of aryl methyl sites for hydroxylation is 1. The molecule has 1 unspecified atom stereocenters. The maximum atomic E-state index is 13.0. The predicted molar refractivity (Wildman–Crippen MR) is 183 cm³/mol. The number of likely N-dealkylation sites (N-methyl/N-ethyl adjacent to an activating group) is 1. The normalized spacial score (nSPS) is 16.8. The molecule has 0 spiro atoms. The zero-order valence-corrected chi connectivity index (χ0v) is 28.5. The summed E-state index contributed by atoms with van der Waals surface area (Å²) in [4.78, 5) is 22.9. The number of ether oxygens (including phenoxy) is 1. The van der Waals surface area contributed by atoms with Crippen LogP contribution >= 0.6 is 15.9 Å². The average Bonchev–Trinajstić information content (AvgIpc) is 3.71. The van der Waals surface area contributed by atoms with E-state index >= 15 is 0 Å². The van der Waals surface area contributed by atoms with Gasteiger partial charge in [0.05, 0.1) is 34.7 Å². The van der Waals surface area contributed by atoms with Crippen LogP contribution in [0.2, 0.25) is 0 Å². The zero-order valence-electron chi connectivity index (χ0n) is 26.1. The Hall–Kier alpha value is -3.75. The van der Waals surface area contributed by atoms with Gasteiger partial charge < -0.3 is 25.2 Å². The molecule has 2 aromatic carbocycles. The second kappa shape index (κ2) is 12.6. The van der Waals surface area contributed by atoms with E-state index in [-0.39, 0.29) is 6.04 Å². The maximum Gasteiger partial charge on any atom is 0.232 e. The van der Waals surface area contributed by atoms with E-state index in [1.807, 2.05) is 12.1 Å². The summed E-state index contributed by atoms with van der Waals surface area (Å²) >= 11 is 3.57. The lowest BCUT2D eigenvalue weighted by Crippen LogP contribution is -2.33. The molecule has 238 valence electrons. The van der Waals surface area contributed by atoms with Crippen molar-refractivity contribution in [2.75, 3.05) is 60.4 Å². The molecule has 1 aliphatic heterocycles. The maximum absolute atomic E-state index is 13.0. The van der Waals surface area contributed by atoms with Crippen molar-refractivity contribution < 1.29 is 13.2 Å². The third kappa shape index (κ3) is 6.49. The molecule has 2 aromatic heterocycles. The third-order valence-corrected chi connectivity index (χ3v) is 10.1. The van der Waals surface area contributed by atoms with Crippen LogP contribution in [0.25, 0.3) is 11.0 Å². The minimum atomic E-state index is -3.60. The van der Waals surface area contributed by atoms with Crippen molar-refractivity contribution in [2.45, 2.75) is 44.7 Å². The van der Waals surface area contributed by atoms with Crippen LogP contribution in [-0.2, 0) is 16.4 Å². The number of fused-ring (bicyclic) bond motifs is 1. The second-order valence-corrected chi connectivity index (χ2v) is 14.4. The first-order valence-corrected chi connectivity index (χ1v) is 17.6. The number of hydrogen-bond acceptors (Lipinski definition) is 11. The Balaban J connectivity index is 1.34. The van der Waals surface area contributed by atoms with Gasteiger partial charge in [-0.15, -0.1) is 0 Å². The van der Waals surface area contributed by atoms with E-state index in [1.165, 1.54) is 21.8 Å². The van der Waals surface area contributed by atoms with E-state index in [0.717, 1.165) is 44.5 Å². The molecule has 0 bridgehead atoms. The van der Waals surface area contributed by atoms with Crippen molar-refractivity contribution >= 4 is 71.5 Å². The SMILES string of the molecule is CCc1cc(Nc2ncc(Br)c(Nc3ccc4nccnc4c3N(C3CC3)S(C)(=O)=O)n2)c(OC)cc1N1CCC(N(C)C)C1. The van der Waals surface area contributed by atoms with Gasteiger partial charge in [-0.3, -0.25) is 14.3 Å². The van der Waals surface area contributed by atoms with Crippen LogP contribution in [0.4, 0.5) is 34.5 Å². The van der Waals surface area contributed by atoms with Gasteiger partial charge in [-0.2, -0.15) is 4.98 Å². The Bertz CT molecular complexity index is 1840. The van der Waals surface area contributed by atoms with E-state index in [2.05, 4.69) is 84.5 Å². The number of benzene rings is 2. The van der Waals surface area contributed by atoms with Crippen LogP contribution in [0.15, 0.2) is 47.3 Å². The summed E-state index contributed by atoms with van der Waals surface area (Å²) in [5.74, 6) is 1.51. The summed E-state index contributed by atoms with van der Waals surface area (Å²) in [6.45, 7) is 4.12. The quantitative estimate of drug-likeness (QED) is 0.212. The van der Waals surface area contributed by atoms with Crippen LogP contribution in [0.5, 0.6) is 5.75 Å². The number of nitrogens with zero attached hydrogens (tertiary/aromatic N) is 7. The Labute approximate surface area is 272 Å². The van der Waals surface area contributed by atoms with E-state index in [9.17, 15) is 8.42 Å². The van der Waals surface area contributed by atoms with Gasteiger partial charge in [0.2, 0.25) is 16.0 Å². The van der Waals surface area contributed by atoms with Crippen molar-refractivity contribution in [1.82, 2.24) is 24.8 Å². The topological polar surface area (TPSA) is 129 Å². The fourth-order valence-corrected chi connectivity index (χ4v) is 7.44. The Kier molecular flexibility index (Phi) is 8.72. The Morgan fingerprint density at radius 1 is 1.04 bits per heavy atom. The number of methoxy groups -OCH3 is 1. The highest BCUT2D eigenvalue weighted by atomic mass is 79.9. The number of halogens is 1. The molecule has 6 rings (SSSR count). The van der Waals surface area contributed by atoms with Gasteiger partial charge in [-0.05, 0) is 79.5 Å². The Morgan fingerprint density at radius 2 is 1.82 bits per heavy atom. The molecule has 12 nitrogen and oxygen atoms in total. The summed E-state index contributed by atoms with van der Waals surface area (Å²) in [6, 6.07) is 8.21. The summed E-state index contributed by atoms with van der Waals surface area (Å²) in [5.41, 5.74) is 5.24. The van der Waals surface area contributed by atoms with E-state index in [1.54, 1.807) is 25.7 Å². The molecular formula is C31H38BrN9O3S. The van der Waals surface area contributed by atoms with Crippen molar-refractivity contribution in [1.29, 1.82) is 0 Å². The monoisotopic (exact) mass is 695 g/mol.